The molecule has 16 heavy (non-hydrogen) atoms. The Labute approximate surface area is 99.2 Å². The van der Waals surface area contributed by atoms with E-state index in [0.29, 0.717) is 19.1 Å². The van der Waals surface area contributed by atoms with Crippen LogP contribution in [0.2, 0.25) is 19.1 Å². The van der Waals surface area contributed by atoms with E-state index in [-0.39, 0.29) is 5.97 Å². The molecular formula is C12H23NO2Si. The van der Waals surface area contributed by atoms with Crippen molar-refractivity contribution in [1.82, 2.24) is 4.57 Å². The third-order valence-electron chi connectivity index (χ3n) is 4.04. The summed E-state index contributed by atoms with van der Waals surface area (Å²) in [6, 6.07) is 2.11. The largest absolute Gasteiger partial charge is 0.466 e. The molecule has 0 aromatic carbocycles. The molecule has 0 saturated carbocycles. The Morgan fingerprint density at radius 2 is 2.12 bits per heavy atom. The Balaban J connectivity index is 1.95. The highest BCUT2D eigenvalue weighted by Crippen LogP contribution is 2.31. The molecule has 2 aliphatic rings. The van der Waals surface area contributed by atoms with Crippen LogP contribution in [0.1, 0.15) is 32.1 Å². The molecule has 2 rings (SSSR count). The highest BCUT2D eigenvalue weighted by atomic mass is 28.3. The minimum atomic E-state index is -1.12. The van der Waals surface area contributed by atoms with Gasteiger partial charge in [-0.3, -0.25) is 4.79 Å². The fraction of sp³-hybridized carbons (Fsp3) is 0.917. The van der Waals surface area contributed by atoms with Gasteiger partial charge in [0.05, 0.1) is 6.61 Å². The Morgan fingerprint density at radius 1 is 1.31 bits per heavy atom. The Kier molecular flexibility index (Phi) is 3.69. The third-order valence-corrected chi connectivity index (χ3v) is 7.76. The molecule has 0 aliphatic carbocycles. The van der Waals surface area contributed by atoms with Crippen molar-refractivity contribution >= 4 is 14.2 Å². The molecule has 0 N–H and O–H groups in total. The molecule has 3 nitrogen and oxygen atoms in total. The molecule has 0 bridgehead atoms. The molecule has 0 aromatic heterocycles. The van der Waals surface area contributed by atoms with Crippen LogP contribution in [-0.4, -0.2) is 38.0 Å². The normalized spacial score (nSPS) is 31.9. The van der Waals surface area contributed by atoms with Gasteiger partial charge in [0.25, 0.3) is 0 Å². The summed E-state index contributed by atoms with van der Waals surface area (Å²) in [7, 11) is -1.12. The Morgan fingerprint density at radius 3 is 2.81 bits per heavy atom. The van der Waals surface area contributed by atoms with Crippen molar-refractivity contribution in [3.63, 3.8) is 0 Å². The molecule has 1 unspecified atom stereocenters. The molecule has 0 aromatic rings. The summed E-state index contributed by atoms with van der Waals surface area (Å²) >= 11 is 0. The Bertz CT molecular complexity index is 256. The van der Waals surface area contributed by atoms with E-state index < -0.39 is 8.24 Å². The van der Waals surface area contributed by atoms with Gasteiger partial charge in [-0.1, -0.05) is 13.1 Å². The lowest BCUT2D eigenvalue weighted by atomic mass is 10.1. The van der Waals surface area contributed by atoms with Crippen LogP contribution in [0.4, 0.5) is 0 Å². The SMILES string of the molecule is C[Si]1(C)CCCN1C1CCCC(=O)OCC1. The highest BCUT2D eigenvalue weighted by Gasteiger charge is 2.38. The lowest BCUT2D eigenvalue weighted by Gasteiger charge is -2.38. The van der Waals surface area contributed by atoms with Crippen molar-refractivity contribution < 1.29 is 9.53 Å². The molecule has 92 valence electrons. The third kappa shape index (κ3) is 2.66. The van der Waals surface area contributed by atoms with Gasteiger partial charge in [-0.15, -0.1) is 0 Å². The fourth-order valence-electron chi connectivity index (χ4n) is 3.12. The fourth-order valence-corrected chi connectivity index (χ4v) is 6.44. The molecular weight excluding hydrogens is 218 g/mol. The zero-order chi connectivity index (χ0) is 11.6. The maximum absolute atomic E-state index is 11.2. The molecule has 0 amide bonds. The van der Waals surface area contributed by atoms with Gasteiger partial charge >= 0.3 is 5.97 Å². The van der Waals surface area contributed by atoms with E-state index in [4.69, 9.17) is 4.74 Å². The van der Waals surface area contributed by atoms with E-state index >= 15 is 0 Å². The summed E-state index contributed by atoms with van der Waals surface area (Å²) < 4.78 is 7.96. The molecule has 4 heteroatoms. The van der Waals surface area contributed by atoms with E-state index in [2.05, 4.69) is 17.7 Å². The monoisotopic (exact) mass is 241 g/mol. The standard InChI is InChI=1S/C12H23NO2Si/c1-16(2)10-4-8-13(16)11-5-3-6-12(14)15-9-7-11/h11H,3-10H2,1-2H3. The van der Waals surface area contributed by atoms with Crippen LogP contribution in [0.25, 0.3) is 0 Å². The number of hydrogen-bond donors (Lipinski definition) is 0. The summed E-state index contributed by atoms with van der Waals surface area (Å²) in [5.41, 5.74) is 0. The van der Waals surface area contributed by atoms with E-state index in [0.717, 1.165) is 12.8 Å². The van der Waals surface area contributed by atoms with E-state index in [1.165, 1.54) is 25.4 Å². The second-order valence-electron chi connectivity index (χ2n) is 5.66. The van der Waals surface area contributed by atoms with Crippen LogP contribution >= 0.6 is 0 Å². The average Bonchev–Trinajstić information content (AvgIpc) is 2.52. The molecule has 1 atom stereocenters. The van der Waals surface area contributed by atoms with Gasteiger partial charge in [-0.25, -0.2) is 0 Å². The lowest BCUT2D eigenvalue weighted by molar-refractivity contribution is -0.145. The van der Waals surface area contributed by atoms with Gasteiger partial charge in [-0.2, -0.15) is 0 Å². The summed E-state index contributed by atoms with van der Waals surface area (Å²) in [5.74, 6) is -0.00335. The Hall–Kier alpha value is -0.353. The second-order valence-corrected chi connectivity index (χ2v) is 10.4. The highest BCUT2D eigenvalue weighted by molar-refractivity contribution is 6.75. The van der Waals surface area contributed by atoms with Crippen LogP contribution in [0.15, 0.2) is 0 Å². The van der Waals surface area contributed by atoms with Gasteiger partial charge in [0.15, 0.2) is 0 Å². The molecule has 2 aliphatic heterocycles. The molecule has 0 radical (unpaired) electrons. The number of esters is 1. The van der Waals surface area contributed by atoms with Crippen LogP contribution in [0.5, 0.6) is 0 Å². The zero-order valence-electron chi connectivity index (χ0n) is 10.5. The maximum atomic E-state index is 11.2. The van der Waals surface area contributed by atoms with Crippen molar-refractivity contribution in [3.05, 3.63) is 0 Å². The lowest BCUT2D eigenvalue weighted by Crippen LogP contribution is -2.50. The minimum Gasteiger partial charge on any atom is -0.466 e. The van der Waals surface area contributed by atoms with Crippen LogP contribution in [-0.2, 0) is 9.53 Å². The number of nitrogens with zero attached hydrogens (tertiary/aromatic N) is 1. The first-order valence-corrected chi connectivity index (χ1v) is 9.67. The summed E-state index contributed by atoms with van der Waals surface area (Å²) in [5, 5.41) is 0. The number of hydrogen-bond acceptors (Lipinski definition) is 3. The predicted octanol–water partition coefficient (Wildman–Crippen LogP) is 2.38. The molecule has 2 fully saturated rings. The van der Waals surface area contributed by atoms with Crippen molar-refractivity contribution in [3.8, 4) is 0 Å². The predicted molar refractivity (Wildman–Crippen MR) is 66.8 cm³/mol. The first-order valence-electron chi connectivity index (χ1n) is 6.52. The summed E-state index contributed by atoms with van der Waals surface area (Å²) in [6.45, 7) is 6.86. The smallest absolute Gasteiger partial charge is 0.305 e. The van der Waals surface area contributed by atoms with Crippen LogP contribution in [0.3, 0.4) is 0 Å². The zero-order valence-corrected chi connectivity index (χ0v) is 11.5. The number of ether oxygens (including phenoxy) is 1. The van der Waals surface area contributed by atoms with Gasteiger partial charge in [0, 0.05) is 12.5 Å². The number of carbonyl (C=O) groups is 1. The average molecular weight is 241 g/mol. The summed E-state index contributed by atoms with van der Waals surface area (Å²) in [4.78, 5) is 11.2. The van der Waals surface area contributed by atoms with Gasteiger partial charge in [-0.05, 0) is 38.3 Å². The van der Waals surface area contributed by atoms with Gasteiger partial charge in [0.1, 0.15) is 8.24 Å². The van der Waals surface area contributed by atoms with Crippen LogP contribution in [0, 0.1) is 0 Å². The van der Waals surface area contributed by atoms with Crippen molar-refractivity contribution in [2.24, 2.45) is 0 Å². The van der Waals surface area contributed by atoms with Gasteiger partial charge < -0.3 is 9.30 Å². The minimum absolute atomic E-state index is 0.00335. The quantitative estimate of drug-likeness (QED) is 0.521. The van der Waals surface area contributed by atoms with Crippen LogP contribution < -0.4 is 0 Å². The topological polar surface area (TPSA) is 29.5 Å². The second kappa shape index (κ2) is 4.88. The molecule has 2 heterocycles. The maximum Gasteiger partial charge on any atom is 0.305 e. The molecule has 0 spiro atoms. The van der Waals surface area contributed by atoms with Gasteiger partial charge in [0.2, 0.25) is 0 Å². The molecule has 2 saturated heterocycles. The van der Waals surface area contributed by atoms with E-state index in [1.54, 1.807) is 0 Å². The van der Waals surface area contributed by atoms with E-state index in [9.17, 15) is 4.79 Å². The summed E-state index contributed by atoms with van der Waals surface area (Å²) in [6.07, 6.45) is 5.22. The first kappa shape index (κ1) is 12.1. The number of carbonyl (C=O) groups excluding carboxylic acids is 1. The van der Waals surface area contributed by atoms with Crippen molar-refractivity contribution in [1.29, 1.82) is 0 Å². The first-order chi connectivity index (χ1) is 7.59. The number of cyclic esters (lactones) is 1. The number of rotatable bonds is 1. The van der Waals surface area contributed by atoms with Crippen molar-refractivity contribution in [2.45, 2.75) is 57.3 Å². The van der Waals surface area contributed by atoms with Crippen molar-refractivity contribution in [2.75, 3.05) is 13.2 Å². The van der Waals surface area contributed by atoms with E-state index in [1.807, 2.05) is 0 Å².